The zero-order valence-corrected chi connectivity index (χ0v) is 13.0. The number of amides is 2. The van der Waals surface area contributed by atoms with Crippen LogP contribution in [0.15, 0.2) is 0 Å². The average Bonchev–Trinajstić information content (AvgIpc) is 2.29. The van der Waals surface area contributed by atoms with E-state index in [4.69, 9.17) is 4.74 Å². The largest absolute Gasteiger partial charge is 0.383 e. The third-order valence-electron chi connectivity index (χ3n) is 2.75. The molecule has 0 bridgehead atoms. The van der Waals surface area contributed by atoms with Crippen molar-refractivity contribution in [3.05, 3.63) is 0 Å². The lowest BCUT2D eigenvalue weighted by Gasteiger charge is -2.30. The summed E-state index contributed by atoms with van der Waals surface area (Å²) < 4.78 is 5.04. The van der Waals surface area contributed by atoms with Gasteiger partial charge in [-0.1, -0.05) is 27.7 Å². The Balaban J connectivity index is 4.83. The summed E-state index contributed by atoms with van der Waals surface area (Å²) in [6.45, 7) is 11.2. The molecular formula is C14H28N2O3. The highest BCUT2D eigenvalue weighted by Crippen LogP contribution is 2.09. The molecule has 0 aliphatic rings. The van der Waals surface area contributed by atoms with Crippen LogP contribution in [0.1, 0.15) is 34.6 Å². The topological polar surface area (TPSA) is 58.6 Å². The van der Waals surface area contributed by atoms with Gasteiger partial charge >= 0.3 is 0 Å². The molecule has 0 heterocycles. The van der Waals surface area contributed by atoms with Crippen molar-refractivity contribution >= 4 is 11.8 Å². The van der Waals surface area contributed by atoms with Crippen LogP contribution >= 0.6 is 0 Å². The van der Waals surface area contributed by atoms with Crippen molar-refractivity contribution in [2.75, 3.05) is 26.8 Å². The minimum atomic E-state index is -0.465. The summed E-state index contributed by atoms with van der Waals surface area (Å²) in [7, 11) is 1.62. The smallest absolute Gasteiger partial charge is 0.245 e. The number of nitrogens with zero attached hydrogens (tertiary/aromatic N) is 1. The molecule has 5 nitrogen and oxygen atoms in total. The number of carbonyl (C=O) groups is 2. The second-order valence-electron chi connectivity index (χ2n) is 5.59. The first-order valence-electron chi connectivity index (χ1n) is 6.84. The highest BCUT2D eigenvalue weighted by atomic mass is 16.5. The van der Waals surface area contributed by atoms with Crippen molar-refractivity contribution < 1.29 is 14.3 Å². The summed E-state index contributed by atoms with van der Waals surface area (Å²) in [4.78, 5) is 25.5. The van der Waals surface area contributed by atoms with E-state index in [1.807, 2.05) is 13.8 Å². The van der Waals surface area contributed by atoms with Crippen LogP contribution in [-0.2, 0) is 14.3 Å². The molecule has 0 aliphatic heterocycles. The minimum Gasteiger partial charge on any atom is -0.383 e. The third-order valence-corrected chi connectivity index (χ3v) is 2.75. The second kappa shape index (κ2) is 8.91. The Labute approximate surface area is 116 Å². The van der Waals surface area contributed by atoms with Crippen molar-refractivity contribution in [2.45, 2.75) is 40.7 Å². The van der Waals surface area contributed by atoms with Crippen LogP contribution in [0.3, 0.4) is 0 Å². The molecule has 19 heavy (non-hydrogen) atoms. The number of hydrogen-bond donors (Lipinski definition) is 1. The molecule has 0 aromatic carbocycles. The van der Waals surface area contributed by atoms with E-state index in [1.165, 1.54) is 6.92 Å². The van der Waals surface area contributed by atoms with Crippen LogP contribution in [0.2, 0.25) is 0 Å². The summed E-state index contributed by atoms with van der Waals surface area (Å²) in [5.41, 5.74) is 0. The van der Waals surface area contributed by atoms with Crippen LogP contribution in [0, 0.1) is 11.8 Å². The van der Waals surface area contributed by atoms with Gasteiger partial charge in [-0.05, 0) is 11.8 Å². The maximum atomic E-state index is 12.5. The molecule has 112 valence electrons. The number of ether oxygens (including phenoxy) is 1. The standard InChI is InChI=1S/C14H28N2O3/c1-10(2)9-16(7-8-19-6)14(18)13(11(3)4)15-12(5)17/h10-11,13H,7-9H2,1-6H3,(H,15,17). The highest BCUT2D eigenvalue weighted by molar-refractivity contribution is 5.87. The third kappa shape index (κ3) is 7.15. The predicted molar refractivity (Wildman–Crippen MR) is 75.7 cm³/mol. The van der Waals surface area contributed by atoms with Crippen LogP contribution < -0.4 is 5.32 Å². The van der Waals surface area contributed by atoms with E-state index in [0.717, 1.165) is 0 Å². The Hall–Kier alpha value is -1.10. The quantitative estimate of drug-likeness (QED) is 0.724. The van der Waals surface area contributed by atoms with Crippen molar-refractivity contribution in [2.24, 2.45) is 11.8 Å². The molecule has 0 fully saturated rings. The van der Waals surface area contributed by atoms with Crippen LogP contribution in [0.4, 0.5) is 0 Å². The van der Waals surface area contributed by atoms with Gasteiger partial charge < -0.3 is 15.0 Å². The number of carbonyl (C=O) groups excluding carboxylic acids is 2. The van der Waals surface area contributed by atoms with Gasteiger partial charge in [-0.2, -0.15) is 0 Å². The first-order chi connectivity index (χ1) is 8.79. The molecule has 0 aromatic rings. The molecular weight excluding hydrogens is 244 g/mol. The van der Waals surface area contributed by atoms with Crippen molar-refractivity contribution in [1.82, 2.24) is 10.2 Å². The van der Waals surface area contributed by atoms with Gasteiger partial charge in [0.15, 0.2) is 0 Å². The lowest BCUT2D eigenvalue weighted by atomic mass is 10.0. The van der Waals surface area contributed by atoms with Gasteiger partial charge in [-0.25, -0.2) is 0 Å². The van der Waals surface area contributed by atoms with Gasteiger partial charge in [0.25, 0.3) is 0 Å². The number of rotatable bonds is 8. The molecule has 1 unspecified atom stereocenters. The van der Waals surface area contributed by atoms with Crippen LogP contribution in [0.5, 0.6) is 0 Å². The molecule has 0 radical (unpaired) electrons. The van der Waals surface area contributed by atoms with Gasteiger partial charge in [0.05, 0.1) is 6.61 Å². The molecule has 0 aliphatic carbocycles. The van der Waals surface area contributed by atoms with E-state index >= 15 is 0 Å². The number of methoxy groups -OCH3 is 1. The Morgan fingerprint density at radius 2 is 1.79 bits per heavy atom. The fraction of sp³-hybridized carbons (Fsp3) is 0.857. The monoisotopic (exact) mass is 272 g/mol. The summed E-state index contributed by atoms with van der Waals surface area (Å²) >= 11 is 0. The van der Waals surface area contributed by atoms with E-state index in [0.29, 0.717) is 25.6 Å². The first kappa shape index (κ1) is 17.9. The zero-order valence-electron chi connectivity index (χ0n) is 13.0. The van der Waals surface area contributed by atoms with E-state index in [1.54, 1.807) is 12.0 Å². The summed E-state index contributed by atoms with van der Waals surface area (Å²) in [5, 5.41) is 2.74. The van der Waals surface area contributed by atoms with E-state index in [2.05, 4.69) is 19.2 Å². The molecule has 0 saturated heterocycles. The summed E-state index contributed by atoms with van der Waals surface area (Å²) in [6, 6.07) is -0.465. The maximum absolute atomic E-state index is 12.5. The molecule has 0 spiro atoms. The maximum Gasteiger partial charge on any atom is 0.245 e. The molecule has 0 rings (SSSR count). The van der Waals surface area contributed by atoms with Gasteiger partial charge in [0.1, 0.15) is 6.04 Å². The van der Waals surface area contributed by atoms with E-state index in [9.17, 15) is 9.59 Å². The van der Waals surface area contributed by atoms with Crippen LogP contribution in [0.25, 0.3) is 0 Å². The van der Waals surface area contributed by atoms with E-state index in [-0.39, 0.29) is 17.7 Å². The van der Waals surface area contributed by atoms with Crippen molar-refractivity contribution in [1.29, 1.82) is 0 Å². The molecule has 2 amide bonds. The first-order valence-corrected chi connectivity index (χ1v) is 6.84. The Morgan fingerprint density at radius 3 is 2.16 bits per heavy atom. The summed E-state index contributed by atoms with van der Waals surface area (Å²) in [5.74, 6) is 0.235. The lowest BCUT2D eigenvalue weighted by Crippen LogP contribution is -2.52. The van der Waals surface area contributed by atoms with Gasteiger partial charge in [0.2, 0.25) is 11.8 Å². The Kier molecular flexibility index (Phi) is 8.39. The molecule has 0 aromatic heterocycles. The minimum absolute atomic E-state index is 0.0315. The van der Waals surface area contributed by atoms with Crippen molar-refractivity contribution in [3.8, 4) is 0 Å². The molecule has 1 atom stereocenters. The number of nitrogens with one attached hydrogen (secondary N) is 1. The SMILES string of the molecule is COCCN(CC(C)C)C(=O)C(NC(C)=O)C(C)C. The molecule has 5 heteroatoms. The molecule has 1 N–H and O–H groups in total. The molecule has 0 saturated carbocycles. The van der Waals surface area contributed by atoms with Gasteiger partial charge in [-0.3, -0.25) is 9.59 Å². The Morgan fingerprint density at radius 1 is 1.21 bits per heavy atom. The lowest BCUT2D eigenvalue weighted by molar-refractivity contribution is -0.138. The van der Waals surface area contributed by atoms with Gasteiger partial charge in [0, 0.05) is 27.1 Å². The van der Waals surface area contributed by atoms with Crippen molar-refractivity contribution in [3.63, 3.8) is 0 Å². The summed E-state index contributed by atoms with van der Waals surface area (Å²) in [6.07, 6.45) is 0. The fourth-order valence-corrected chi connectivity index (χ4v) is 1.86. The normalized spacial score (nSPS) is 12.6. The second-order valence-corrected chi connectivity index (χ2v) is 5.59. The zero-order chi connectivity index (χ0) is 15.0. The predicted octanol–water partition coefficient (Wildman–Crippen LogP) is 1.28. The fourth-order valence-electron chi connectivity index (χ4n) is 1.86. The van der Waals surface area contributed by atoms with Crippen LogP contribution in [-0.4, -0.2) is 49.6 Å². The number of hydrogen-bond acceptors (Lipinski definition) is 3. The highest BCUT2D eigenvalue weighted by Gasteiger charge is 2.27. The Bertz CT molecular complexity index is 290. The van der Waals surface area contributed by atoms with Gasteiger partial charge in [-0.15, -0.1) is 0 Å². The average molecular weight is 272 g/mol. The van der Waals surface area contributed by atoms with E-state index < -0.39 is 6.04 Å².